The molecule has 0 aliphatic rings. The first-order valence-electron chi connectivity index (χ1n) is 7.17. The van der Waals surface area contributed by atoms with Crippen LogP contribution in [0.1, 0.15) is 41.6 Å². The number of hydrogen-bond donors (Lipinski definition) is 1. The number of aryl methyl sites for hydroxylation is 1. The van der Waals surface area contributed by atoms with Crippen molar-refractivity contribution in [3.63, 3.8) is 0 Å². The van der Waals surface area contributed by atoms with Crippen molar-refractivity contribution in [2.45, 2.75) is 26.7 Å². The summed E-state index contributed by atoms with van der Waals surface area (Å²) in [5.41, 5.74) is 0.535. The number of amides is 1. The third kappa shape index (κ3) is 4.11. The molecule has 0 aliphatic carbocycles. The van der Waals surface area contributed by atoms with Crippen molar-refractivity contribution in [1.29, 1.82) is 0 Å². The first kappa shape index (κ1) is 17.9. The first-order chi connectivity index (χ1) is 11.3. The fourth-order valence-electron chi connectivity index (χ4n) is 2.01. The van der Waals surface area contributed by atoms with Gasteiger partial charge < -0.3 is 14.6 Å². The lowest BCUT2D eigenvalue weighted by atomic mass is 10.1. The monoisotopic (exact) mass is 354 g/mol. The van der Waals surface area contributed by atoms with E-state index < -0.39 is 24.3 Å². The Balaban J connectivity index is 1.99. The van der Waals surface area contributed by atoms with E-state index >= 15 is 0 Å². The number of hydrogen-bond acceptors (Lipinski definition) is 5. The molecule has 0 saturated heterocycles. The predicted octanol–water partition coefficient (Wildman–Crippen LogP) is 3.69. The average molecular weight is 355 g/mol. The molecule has 0 radical (unpaired) electrons. The zero-order valence-corrected chi connectivity index (χ0v) is 14.1. The number of anilines is 1. The molecular formula is C16H16ClFN2O4. The molecule has 2 aromatic rings. The van der Waals surface area contributed by atoms with E-state index in [1.807, 2.05) is 13.8 Å². The first-order valence-corrected chi connectivity index (χ1v) is 7.55. The van der Waals surface area contributed by atoms with Crippen LogP contribution in [-0.2, 0) is 9.53 Å². The van der Waals surface area contributed by atoms with Crippen molar-refractivity contribution < 1.29 is 23.2 Å². The highest BCUT2D eigenvalue weighted by Gasteiger charge is 2.24. The topological polar surface area (TPSA) is 81.4 Å². The minimum absolute atomic E-state index is 0.0514. The Morgan fingerprint density at radius 3 is 2.75 bits per heavy atom. The number of rotatable bonds is 5. The Labute approximate surface area is 142 Å². The molecule has 1 aromatic heterocycles. The van der Waals surface area contributed by atoms with Gasteiger partial charge in [0, 0.05) is 10.9 Å². The molecule has 2 rings (SSSR count). The number of aromatic nitrogens is 1. The van der Waals surface area contributed by atoms with Crippen molar-refractivity contribution in [2.75, 3.05) is 11.9 Å². The van der Waals surface area contributed by atoms with E-state index in [1.54, 1.807) is 6.92 Å². The molecule has 0 unspecified atom stereocenters. The summed E-state index contributed by atoms with van der Waals surface area (Å²) >= 11 is 5.63. The molecule has 1 amide bonds. The lowest BCUT2D eigenvalue weighted by molar-refractivity contribution is -0.119. The van der Waals surface area contributed by atoms with Crippen LogP contribution >= 0.6 is 11.6 Å². The van der Waals surface area contributed by atoms with E-state index in [1.165, 1.54) is 12.1 Å². The zero-order chi connectivity index (χ0) is 17.9. The maximum atomic E-state index is 13.6. The highest BCUT2D eigenvalue weighted by molar-refractivity contribution is 6.30. The molecule has 24 heavy (non-hydrogen) atoms. The third-order valence-corrected chi connectivity index (χ3v) is 3.39. The smallest absolute Gasteiger partial charge is 0.344 e. The van der Waals surface area contributed by atoms with Gasteiger partial charge in [-0.05, 0) is 25.1 Å². The van der Waals surface area contributed by atoms with Crippen LogP contribution in [0.25, 0.3) is 0 Å². The van der Waals surface area contributed by atoms with Crippen LogP contribution in [0.4, 0.5) is 10.1 Å². The van der Waals surface area contributed by atoms with Crippen LogP contribution in [-0.4, -0.2) is 23.6 Å². The lowest BCUT2D eigenvalue weighted by Crippen LogP contribution is -2.22. The van der Waals surface area contributed by atoms with Crippen molar-refractivity contribution in [1.82, 2.24) is 5.16 Å². The summed E-state index contributed by atoms with van der Waals surface area (Å²) in [6, 6.07) is 3.82. The highest BCUT2D eigenvalue weighted by atomic mass is 35.5. The van der Waals surface area contributed by atoms with Crippen LogP contribution in [0.15, 0.2) is 22.7 Å². The Morgan fingerprint density at radius 1 is 1.42 bits per heavy atom. The van der Waals surface area contributed by atoms with Gasteiger partial charge in [-0.15, -0.1) is 0 Å². The van der Waals surface area contributed by atoms with Gasteiger partial charge in [-0.25, -0.2) is 9.18 Å². The number of benzene rings is 1. The fourth-order valence-corrected chi connectivity index (χ4v) is 2.17. The Hall–Kier alpha value is -2.41. The van der Waals surface area contributed by atoms with Crippen LogP contribution < -0.4 is 5.32 Å². The number of nitrogens with zero attached hydrogens (tertiary/aromatic N) is 1. The molecule has 8 heteroatoms. The highest BCUT2D eigenvalue weighted by Crippen LogP contribution is 2.23. The zero-order valence-electron chi connectivity index (χ0n) is 13.4. The van der Waals surface area contributed by atoms with Gasteiger partial charge in [-0.1, -0.05) is 30.6 Å². The molecule has 0 atom stereocenters. The maximum Gasteiger partial charge on any atom is 0.344 e. The van der Waals surface area contributed by atoms with Crippen LogP contribution in [0, 0.1) is 12.7 Å². The second-order valence-corrected chi connectivity index (χ2v) is 5.85. The Bertz CT molecular complexity index is 773. The third-order valence-electron chi connectivity index (χ3n) is 3.16. The minimum atomic E-state index is -0.718. The summed E-state index contributed by atoms with van der Waals surface area (Å²) < 4.78 is 23.7. The van der Waals surface area contributed by atoms with Crippen LogP contribution in [0.5, 0.6) is 0 Å². The molecule has 1 aromatic carbocycles. The van der Waals surface area contributed by atoms with Gasteiger partial charge in [0.2, 0.25) is 0 Å². The van der Waals surface area contributed by atoms with E-state index in [4.69, 9.17) is 20.9 Å². The van der Waals surface area contributed by atoms with E-state index in [2.05, 4.69) is 10.5 Å². The molecule has 0 fully saturated rings. The summed E-state index contributed by atoms with van der Waals surface area (Å²) in [6.45, 7) is 4.72. The quantitative estimate of drug-likeness (QED) is 0.828. The summed E-state index contributed by atoms with van der Waals surface area (Å²) in [5.74, 6) is -1.75. The molecule has 6 nitrogen and oxygen atoms in total. The second-order valence-electron chi connectivity index (χ2n) is 5.41. The van der Waals surface area contributed by atoms with E-state index in [9.17, 15) is 14.0 Å². The second kappa shape index (κ2) is 7.44. The Kier molecular flexibility index (Phi) is 5.56. The number of ether oxygens (including phenoxy) is 1. The largest absolute Gasteiger partial charge is 0.452 e. The SMILES string of the molecule is Cc1noc(C(C)C)c1C(=O)OCC(=O)Nc1ccc(Cl)cc1F. The van der Waals surface area contributed by atoms with Crippen molar-refractivity contribution in [2.24, 2.45) is 0 Å². The van der Waals surface area contributed by atoms with E-state index in [-0.39, 0.29) is 22.2 Å². The summed E-state index contributed by atoms with van der Waals surface area (Å²) in [5, 5.41) is 6.25. The van der Waals surface area contributed by atoms with Gasteiger partial charge >= 0.3 is 5.97 Å². The van der Waals surface area contributed by atoms with E-state index in [0.717, 1.165) is 6.07 Å². The normalized spacial score (nSPS) is 10.8. The van der Waals surface area contributed by atoms with Crippen molar-refractivity contribution in [3.8, 4) is 0 Å². The lowest BCUT2D eigenvalue weighted by Gasteiger charge is -2.08. The number of esters is 1. The molecular weight excluding hydrogens is 339 g/mol. The van der Waals surface area contributed by atoms with Gasteiger partial charge in [0.05, 0.1) is 11.4 Å². The van der Waals surface area contributed by atoms with Gasteiger partial charge in [0.15, 0.2) is 12.4 Å². The van der Waals surface area contributed by atoms with Gasteiger partial charge in [0.25, 0.3) is 5.91 Å². The molecule has 128 valence electrons. The summed E-state index contributed by atoms with van der Waals surface area (Å²) in [6.07, 6.45) is 0. The van der Waals surface area contributed by atoms with E-state index in [0.29, 0.717) is 11.5 Å². The number of nitrogens with one attached hydrogen (secondary N) is 1. The Morgan fingerprint density at radius 2 is 2.12 bits per heavy atom. The summed E-state index contributed by atoms with van der Waals surface area (Å²) in [4.78, 5) is 23.9. The number of carbonyl (C=O) groups is 2. The summed E-state index contributed by atoms with van der Waals surface area (Å²) in [7, 11) is 0. The molecule has 0 spiro atoms. The molecule has 0 bridgehead atoms. The predicted molar refractivity (Wildman–Crippen MR) is 85.7 cm³/mol. The minimum Gasteiger partial charge on any atom is -0.452 e. The van der Waals surface area contributed by atoms with Crippen molar-refractivity contribution >= 4 is 29.2 Å². The van der Waals surface area contributed by atoms with Gasteiger partial charge in [-0.2, -0.15) is 0 Å². The van der Waals surface area contributed by atoms with Crippen LogP contribution in [0.3, 0.4) is 0 Å². The van der Waals surface area contributed by atoms with Gasteiger partial charge in [-0.3, -0.25) is 4.79 Å². The number of carbonyl (C=O) groups excluding carboxylic acids is 2. The average Bonchev–Trinajstić information content (AvgIpc) is 2.90. The maximum absolute atomic E-state index is 13.6. The van der Waals surface area contributed by atoms with Gasteiger partial charge in [0.1, 0.15) is 11.4 Å². The molecule has 1 heterocycles. The molecule has 0 aliphatic heterocycles. The molecule has 1 N–H and O–H groups in total. The fraction of sp³-hybridized carbons (Fsp3) is 0.312. The van der Waals surface area contributed by atoms with Crippen molar-refractivity contribution in [3.05, 3.63) is 46.1 Å². The van der Waals surface area contributed by atoms with Crippen LogP contribution in [0.2, 0.25) is 5.02 Å². The standard InChI is InChI=1S/C16H16ClFN2O4/c1-8(2)15-14(9(3)20-24-15)16(22)23-7-13(21)19-12-5-4-10(17)6-11(12)18/h4-6,8H,7H2,1-3H3,(H,19,21). The number of halogens is 2. The molecule has 0 saturated carbocycles.